The fourth-order valence-electron chi connectivity index (χ4n) is 1.56. The Morgan fingerprint density at radius 1 is 1.41 bits per heavy atom. The molecular weight excluding hydrogens is 307 g/mol. The van der Waals surface area contributed by atoms with Crippen molar-refractivity contribution in [3.8, 4) is 0 Å². The summed E-state index contributed by atoms with van der Waals surface area (Å²) in [5, 5.41) is 23.7. The minimum Gasteiger partial charge on any atom is -0.379 e. The molecule has 1 unspecified atom stereocenters. The Hall–Kier alpha value is -2.20. The number of nitro benzene ring substituents is 1. The Morgan fingerprint density at radius 2 is 2.00 bits per heavy atom. The first-order valence-corrected chi connectivity index (χ1v) is 6.03. The van der Waals surface area contributed by atoms with Gasteiger partial charge in [0, 0.05) is 23.9 Å². The third-order valence-corrected chi connectivity index (χ3v) is 2.77. The average Bonchev–Trinajstić information content (AvgIpc) is 2.35. The molecule has 0 saturated carbocycles. The zero-order valence-corrected chi connectivity index (χ0v) is 11.7. The number of nitro groups is 1. The fraction of sp³-hybridized carbons (Fsp3) is 0.417. The number of carbonyl (C=O) groups is 1. The average molecular weight is 321 g/mol. The molecule has 1 rings (SSSR count). The third kappa shape index (κ3) is 4.97. The van der Waals surface area contributed by atoms with E-state index in [1.807, 2.05) is 0 Å². The van der Waals surface area contributed by atoms with Crippen molar-refractivity contribution in [1.82, 2.24) is 5.32 Å². The molecule has 0 aliphatic heterocycles. The number of amides is 1. The van der Waals surface area contributed by atoms with E-state index in [4.69, 9.17) is 0 Å². The van der Waals surface area contributed by atoms with Gasteiger partial charge >= 0.3 is 6.30 Å². The van der Waals surface area contributed by atoms with Gasteiger partial charge in [-0.25, -0.2) is 5.32 Å². The summed E-state index contributed by atoms with van der Waals surface area (Å²) in [6.07, 6.45) is -4.73. The van der Waals surface area contributed by atoms with E-state index in [1.54, 1.807) is 0 Å². The molecule has 1 amide bonds. The number of nitrogens with zero attached hydrogens (tertiary/aromatic N) is 1. The maximum atomic E-state index is 12.0. The Morgan fingerprint density at radius 3 is 2.45 bits per heavy atom. The molecule has 10 heteroatoms. The highest BCUT2D eigenvalue weighted by Gasteiger charge is 2.36. The lowest BCUT2D eigenvalue weighted by Gasteiger charge is -2.23. The van der Waals surface area contributed by atoms with Gasteiger partial charge in [-0.05, 0) is 26.0 Å². The molecule has 0 radical (unpaired) electrons. The van der Waals surface area contributed by atoms with E-state index in [1.165, 1.54) is 19.1 Å². The lowest BCUT2D eigenvalue weighted by Crippen LogP contribution is -2.51. The van der Waals surface area contributed by atoms with Gasteiger partial charge < -0.3 is 10.4 Å². The molecular formula is C12H14F3N3O4. The summed E-state index contributed by atoms with van der Waals surface area (Å²) in [4.78, 5) is 21.8. The topological polar surface area (TPSA) is 104 Å². The van der Waals surface area contributed by atoms with Gasteiger partial charge in [-0.2, -0.15) is 13.2 Å². The third-order valence-electron chi connectivity index (χ3n) is 2.77. The summed E-state index contributed by atoms with van der Waals surface area (Å²) >= 11 is 0. The molecule has 1 aromatic rings. The normalized spacial score (nSPS) is 14.3. The Labute approximate surface area is 123 Å². The Kier molecular flexibility index (Phi) is 5.09. The van der Waals surface area contributed by atoms with Gasteiger partial charge in [0.25, 0.3) is 11.6 Å². The van der Waals surface area contributed by atoms with E-state index in [2.05, 4.69) is 5.32 Å². The summed E-state index contributed by atoms with van der Waals surface area (Å²) in [6, 6.07) is 3.65. The number of rotatable bonds is 5. The number of hydrogen-bond donors (Lipinski definition) is 3. The number of anilines is 1. The van der Waals surface area contributed by atoms with Crippen LogP contribution < -0.4 is 10.6 Å². The van der Waals surface area contributed by atoms with Crippen molar-refractivity contribution in [3.63, 3.8) is 0 Å². The van der Waals surface area contributed by atoms with Gasteiger partial charge in [0.2, 0.25) is 0 Å². The Balaban J connectivity index is 2.79. The molecule has 0 heterocycles. The van der Waals surface area contributed by atoms with Crippen molar-refractivity contribution in [2.24, 2.45) is 0 Å². The lowest BCUT2D eigenvalue weighted by atomic mass is 10.1. The number of alkyl halides is 3. The van der Waals surface area contributed by atoms with Crippen LogP contribution in [0.25, 0.3) is 0 Å². The molecule has 0 fully saturated rings. The van der Waals surface area contributed by atoms with Gasteiger partial charge in [0.1, 0.15) is 0 Å². The summed E-state index contributed by atoms with van der Waals surface area (Å²) in [5.41, 5.74) is -2.09. The number of halogens is 3. The lowest BCUT2D eigenvalue weighted by molar-refractivity contribution is -0.385. The predicted octanol–water partition coefficient (Wildman–Crippen LogP) is 1.70. The standard InChI is InChI=1S/C12H14F3N3O4/c1-7-5-8(3-4-9(7)18(21)22)17-10(19)11(2,20)6-16-12(13,14)15/h3-5,16,20H,6H2,1-2H3,(H,17,19). The van der Waals surface area contributed by atoms with Crippen LogP contribution >= 0.6 is 0 Å². The fourth-order valence-corrected chi connectivity index (χ4v) is 1.56. The second kappa shape index (κ2) is 6.28. The van der Waals surface area contributed by atoms with Crippen LogP contribution in [0, 0.1) is 17.0 Å². The van der Waals surface area contributed by atoms with Crippen LogP contribution in [0.5, 0.6) is 0 Å². The molecule has 122 valence electrons. The van der Waals surface area contributed by atoms with Crippen molar-refractivity contribution in [3.05, 3.63) is 33.9 Å². The maximum absolute atomic E-state index is 12.0. The number of aliphatic hydroxyl groups is 1. The largest absolute Gasteiger partial charge is 0.457 e. The zero-order valence-electron chi connectivity index (χ0n) is 11.7. The maximum Gasteiger partial charge on any atom is 0.457 e. The van der Waals surface area contributed by atoms with Gasteiger partial charge in [0.15, 0.2) is 5.60 Å². The smallest absolute Gasteiger partial charge is 0.379 e. The van der Waals surface area contributed by atoms with E-state index < -0.39 is 29.3 Å². The molecule has 0 spiro atoms. The van der Waals surface area contributed by atoms with Crippen LogP contribution in [0.4, 0.5) is 24.5 Å². The Bertz CT molecular complexity index is 587. The number of benzene rings is 1. The van der Waals surface area contributed by atoms with E-state index in [9.17, 15) is 33.2 Å². The first-order chi connectivity index (χ1) is 9.92. The molecule has 22 heavy (non-hydrogen) atoms. The van der Waals surface area contributed by atoms with Crippen molar-refractivity contribution in [1.29, 1.82) is 0 Å². The predicted molar refractivity (Wildman–Crippen MR) is 71.1 cm³/mol. The second-order valence-corrected chi connectivity index (χ2v) is 4.84. The highest BCUT2D eigenvalue weighted by Crippen LogP contribution is 2.22. The van der Waals surface area contributed by atoms with Crippen molar-refractivity contribution in [2.45, 2.75) is 25.7 Å². The van der Waals surface area contributed by atoms with Gasteiger partial charge in [-0.15, -0.1) is 0 Å². The van der Waals surface area contributed by atoms with E-state index in [0.29, 0.717) is 0 Å². The zero-order chi connectivity index (χ0) is 17.1. The minimum absolute atomic E-state index is 0.125. The van der Waals surface area contributed by atoms with E-state index >= 15 is 0 Å². The molecule has 0 bridgehead atoms. The molecule has 3 N–H and O–H groups in total. The SMILES string of the molecule is Cc1cc(NC(=O)C(C)(O)CNC(F)(F)F)ccc1[N+](=O)[O-]. The monoisotopic (exact) mass is 321 g/mol. The minimum atomic E-state index is -4.73. The van der Waals surface area contributed by atoms with Crippen LogP contribution in [0.1, 0.15) is 12.5 Å². The second-order valence-electron chi connectivity index (χ2n) is 4.84. The van der Waals surface area contributed by atoms with Gasteiger partial charge in [-0.1, -0.05) is 0 Å². The van der Waals surface area contributed by atoms with Gasteiger partial charge in [0.05, 0.1) is 4.92 Å². The van der Waals surface area contributed by atoms with Crippen LogP contribution in [0.15, 0.2) is 18.2 Å². The van der Waals surface area contributed by atoms with Crippen LogP contribution in [-0.4, -0.2) is 34.4 Å². The highest BCUT2D eigenvalue weighted by atomic mass is 19.4. The van der Waals surface area contributed by atoms with Crippen LogP contribution in [0.3, 0.4) is 0 Å². The molecule has 7 nitrogen and oxygen atoms in total. The summed E-state index contributed by atoms with van der Waals surface area (Å²) in [6.45, 7) is 1.32. The summed E-state index contributed by atoms with van der Waals surface area (Å²) in [5.74, 6) is -1.07. The van der Waals surface area contributed by atoms with E-state index in [-0.39, 0.29) is 16.9 Å². The highest BCUT2D eigenvalue weighted by molar-refractivity contribution is 5.97. The molecule has 0 aliphatic carbocycles. The molecule has 0 saturated heterocycles. The van der Waals surface area contributed by atoms with Crippen LogP contribution in [0.2, 0.25) is 0 Å². The van der Waals surface area contributed by atoms with Crippen molar-refractivity contribution in [2.75, 3.05) is 11.9 Å². The van der Waals surface area contributed by atoms with E-state index in [0.717, 1.165) is 18.3 Å². The van der Waals surface area contributed by atoms with Gasteiger partial charge in [-0.3, -0.25) is 14.9 Å². The number of carbonyl (C=O) groups excluding carboxylic acids is 1. The summed E-state index contributed by atoms with van der Waals surface area (Å²) in [7, 11) is 0. The number of aryl methyl sites for hydroxylation is 1. The quantitative estimate of drug-likeness (QED) is 0.435. The van der Waals surface area contributed by atoms with Crippen LogP contribution in [-0.2, 0) is 4.79 Å². The first kappa shape index (κ1) is 17.9. The molecule has 0 aromatic heterocycles. The number of hydrogen-bond acceptors (Lipinski definition) is 5. The molecule has 0 aliphatic rings. The summed E-state index contributed by atoms with van der Waals surface area (Å²) < 4.78 is 36.1. The molecule has 1 atom stereocenters. The first-order valence-electron chi connectivity index (χ1n) is 6.03. The van der Waals surface area contributed by atoms with Crippen molar-refractivity contribution >= 4 is 17.3 Å². The number of nitrogens with one attached hydrogen (secondary N) is 2. The van der Waals surface area contributed by atoms with Crippen molar-refractivity contribution < 1.29 is 28.0 Å². The molecule has 1 aromatic carbocycles.